The maximum absolute atomic E-state index is 13.5. The van der Waals surface area contributed by atoms with E-state index in [9.17, 15) is 8.78 Å². The second-order valence-electron chi connectivity index (χ2n) is 3.98. The number of morpholine rings is 1. The van der Waals surface area contributed by atoms with Crippen molar-refractivity contribution in [1.82, 2.24) is 5.32 Å². The van der Waals surface area contributed by atoms with Gasteiger partial charge in [-0.25, -0.2) is 8.78 Å². The summed E-state index contributed by atoms with van der Waals surface area (Å²) < 4.78 is 32.2. The molecule has 1 N–H and O–H groups in total. The minimum Gasteiger partial charge on any atom is -0.368 e. The third-order valence-electron chi connectivity index (χ3n) is 2.82. The molecule has 88 valence electrons. The number of hydrogen-bond donors (Lipinski definition) is 1. The fourth-order valence-electron chi connectivity index (χ4n) is 1.89. The molecule has 1 saturated heterocycles. The molecule has 2 atom stereocenters. The molecule has 2 unspecified atom stereocenters. The van der Waals surface area contributed by atoms with E-state index < -0.39 is 17.7 Å². The van der Waals surface area contributed by atoms with Crippen LogP contribution in [0, 0.1) is 11.6 Å². The Labute approximate surface area is 93.6 Å². The molecule has 0 aromatic heterocycles. The molecule has 1 aliphatic rings. The van der Waals surface area contributed by atoms with Crippen LogP contribution in [0.15, 0.2) is 18.2 Å². The SMILES string of the molecule is CCC1CNCC(c2cc(F)ccc2F)O1. The lowest BCUT2D eigenvalue weighted by atomic mass is 10.1. The van der Waals surface area contributed by atoms with E-state index in [1.165, 1.54) is 6.07 Å². The second-order valence-corrected chi connectivity index (χ2v) is 3.98. The molecule has 1 fully saturated rings. The summed E-state index contributed by atoms with van der Waals surface area (Å²) in [6.07, 6.45) is 0.538. The standard InChI is InChI=1S/C12H15F2NO/c1-2-9-6-15-7-12(16-9)10-5-8(13)3-4-11(10)14/h3-5,9,12,15H,2,6-7H2,1H3. The maximum atomic E-state index is 13.5. The fraction of sp³-hybridized carbons (Fsp3) is 0.500. The van der Waals surface area contributed by atoms with Gasteiger partial charge in [-0.2, -0.15) is 0 Å². The number of hydrogen-bond acceptors (Lipinski definition) is 2. The van der Waals surface area contributed by atoms with Crippen LogP contribution in [0.3, 0.4) is 0 Å². The molecular formula is C12H15F2NO. The van der Waals surface area contributed by atoms with Gasteiger partial charge in [0.15, 0.2) is 0 Å². The topological polar surface area (TPSA) is 21.3 Å². The molecule has 0 aliphatic carbocycles. The first-order chi connectivity index (χ1) is 7.70. The van der Waals surface area contributed by atoms with Crippen molar-refractivity contribution in [3.8, 4) is 0 Å². The number of benzene rings is 1. The predicted octanol–water partition coefficient (Wildman–Crippen LogP) is 2.40. The average Bonchev–Trinajstić information content (AvgIpc) is 2.32. The molecule has 0 saturated carbocycles. The lowest BCUT2D eigenvalue weighted by Gasteiger charge is -2.30. The van der Waals surface area contributed by atoms with Gasteiger partial charge in [0.05, 0.1) is 12.2 Å². The second kappa shape index (κ2) is 4.89. The smallest absolute Gasteiger partial charge is 0.129 e. The van der Waals surface area contributed by atoms with Gasteiger partial charge in [-0.3, -0.25) is 0 Å². The Balaban J connectivity index is 2.19. The van der Waals surface area contributed by atoms with Crippen LogP contribution in [-0.4, -0.2) is 19.2 Å². The number of halogens is 2. The van der Waals surface area contributed by atoms with Crippen LogP contribution in [0.4, 0.5) is 8.78 Å². The zero-order valence-electron chi connectivity index (χ0n) is 9.17. The first-order valence-electron chi connectivity index (χ1n) is 5.52. The zero-order chi connectivity index (χ0) is 11.5. The first-order valence-corrected chi connectivity index (χ1v) is 5.52. The van der Waals surface area contributed by atoms with Crippen molar-refractivity contribution in [3.05, 3.63) is 35.4 Å². The maximum Gasteiger partial charge on any atom is 0.129 e. The summed E-state index contributed by atoms with van der Waals surface area (Å²) in [6, 6.07) is 3.47. The minimum absolute atomic E-state index is 0.0708. The zero-order valence-corrected chi connectivity index (χ0v) is 9.17. The van der Waals surface area contributed by atoms with Crippen molar-refractivity contribution in [3.63, 3.8) is 0 Å². The van der Waals surface area contributed by atoms with Crippen molar-refractivity contribution >= 4 is 0 Å². The van der Waals surface area contributed by atoms with Crippen molar-refractivity contribution < 1.29 is 13.5 Å². The summed E-state index contributed by atoms with van der Waals surface area (Å²) in [6.45, 7) is 3.30. The molecule has 2 rings (SSSR count). The molecule has 4 heteroatoms. The Morgan fingerprint density at radius 3 is 2.94 bits per heavy atom. The molecule has 0 spiro atoms. The summed E-state index contributed by atoms with van der Waals surface area (Å²) in [5, 5.41) is 3.17. The van der Waals surface area contributed by atoms with Crippen LogP contribution in [0.25, 0.3) is 0 Å². The highest BCUT2D eigenvalue weighted by Gasteiger charge is 2.24. The quantitative estimate of drug-likeness (QED) is 0.837. The van der Waals surface area contributed by atoms with Crippen LogP contribution < -0.4 is 5.32 Å². The van der Waals surface area contributed by atoms with Crippen LogP contribution in [0.2, 0.25) is 0 Å². The molecule has 0 bridgehead atoms. The Morgan fingerprint density at radius 1 is 1.38 bits per heavy atom. The van der Waals surface area contributed by atoms with Crippen LogP contribution in [-0.2, 0) is 4.74 Å². The Bertz CT molecular complexity index is 370. The third kappa shape index (κ3) is 2.39. The third-order valence-corrected chi connectivity index (χ3v) is 2.82. The van der Waals surface area contributed by atoms with E-state index in [4.69, 9.17) is 4.74 Å². The van der Waals surface area contributed by atoms with Crippen molar-refractivity contribution in [2.24, 2.45) is 0 Å². The molecule has 2 nitrogen and oxygen atoms in total. The van der Waals surface area contributed by atoms with Gasteiger partial charge in [-0.1, -0.05) is 6.92 Å². The number of ether oxygens (including phenoxy) is 1. The van der Waals surface area contributed by atoms with E-state index >= 15 is 0 Å². The summed E-state index contributed by atoms with van der Waals surface area (Å²) in [5.41, 5.74) is 0.297. The van der Waals surface area contributed by atoms with E-state index in [-0.39, 0.29) is 6.10 Å². The molecule has 1 aromatic rings. The highest BCUT2D eigenvalue weighted by Crippen LogP contribution is 2.25. The van der Waals surface area contributed by atoms with Gasteiger partial charge in [0.25, 0.3) is 0 Å². The Hall–Kier alpha value is -1.00. The van der Waals surface area contributed by atoms with Gasteiger partial charge in [-0.15, -0.1) is 0 Å². The number of nitrogens with one attached hydrogen (secondary N) is 1. The summed E-state index contributed by atoms with van der Waals surface area (Å²) in [7, 11) is 0. The summed E-state index contributed by atoms with van der Waals surface area (Å²) >= 11 is 0. The number of rotatable bonds is 2. The predicted molar refractivity (Wildman–Crippen MR) is 57.1 cm³/mol. The largest absolute Gasteiger partial charge is 0.368 e. The summed E-state index contributed by atoms with van der Waals surface area (Å²) in [5.74, 6) is -0.844. The normalized spacial score (nSPS) is 25.7. The van der Waals surface area contributed by atoms with E-state index in [0.29, 0.717) is 12.1 Å². The van der Waals surface area contributed by atoms with Crippen LogP contribution in [0.5, 0.6) is 0 Å². The van der Waals surface area contributed by atoms with Crippen molar-refractivity contribution in [2.75, 3.05) is 13.1 Å². The summed E-state index contributed by atoms with van der Waals surface area (Å²) in [4.78, 5) is 0. The van der Waals surface area contributed by atoms with Crippen molar-refractivity contribution in [1.29, 1.82) is 0 Å². The van der Waals surface area contributed by atoms with Gasteiger partial charge in [0.1, 0.15) is 11.6 Å². The van der Waals surface area contributed by atoms with E-state index in [1.54, 1.807) is 0 Å². The van der Waals surface area contributed by atoms with Crippen LogP contribution >= 0.6 is 0 Å². The average molecular weight is 227 g/mol. The lowest BCUT2D eigenvalue weighted by Crippen LogP contribution is -2.40. The van der Waals surface area contributed by atoms with E-state index in [2.05, 4.69) is 5.32 Å². The van der Waals surface area contributed by atoms with Gasteiger partial charge in [0, 0.05) is 18.7 Å². The van der Waals surface area contributed by atoms with Gasteiger partial charge >= 0.3 is 0 Å². The molecule has 1 aromatic carbocycles. The molecule has 16 heavy (non-hydrogen) atoms. The minimum atomic E-state index is -0.432. The van der Waals surface area contributed by atoms with Gasteiger partial charge in [0.2, 0.25) is 0 Å². The van der Waals surface area contributed by atoms with E-state index in [1.807, 2.05) is 6.92 Å². The molecule has 0 radical (unpaired) electrons. The Morgan fingerprint density at radius 2 is 2.19 bits per heavy atom. The highest BCUT2D eigenvalue weighted by molar-refractivity contribution is 5.22. The highest BCUT2D eigenvalue weighted by atomic mass is 19.1. The van der Waals surface area contributed by atoms with E-state index in [0.717, 1.165) is 25.1 Å². The first kappa shape index (κ1) is 11.5. The van der Waals surface area contributed by atoms with Crippen LogP contribution in [0.1, 0.15) is 25.0 Å². The monoisotopic (exact) mass is 227 g/mol. The fourth-order valence-corrected chi connectivity index (χ4v) is 1.89. The molecule has 0 amide bonds. The molecule has 1 heterocycles. The van der Waals surface area contributed by atoms with Gasteiger partial charge in [-0.05, 0) is 24.6 Å². The molecule has 1 aliphatic heterocycles. The van der Waals surface area contributed by atoms with Crippen molar-refractivity contribution in [2.45, 2.75) is 25.6 Å². The van der Waals surface area contributed by atoms with Gasteiger partial charge < -0.3 is 10.1 Å². The molecular weight excluding hydrogens is 212 g/mol. The lowest BCUT2D eigenvalue weighted by molar-refractivity contribution is -0.0416. The Kier molecular flexibility index (Phi) is 3.51.